The lowest BCUT2D eigenvalue weighted by Gasteiger charge is -2.12. The van der Waals surface area contributed by atoms with Crippen LogP contribution in [0.25, 0.3) is 5.69 Å². The minimum Gasteiger partial charge on any atom is -0.495 e. The minimum absolute atomic E-state index is 0.568. The first-order chi connectivity index (χ1) is 13.7. The summed E-state index contributed by atoms with van der Waals surface area (Å²) in [6.07, 6.45) is 15.5. The Bertz CT molecular complexity index is 756. The number of hydrogen-bond acceptors (Lipinski definition) is 3. The van der Waals surface area contributed by atoms with E-state index in [9.17, 15) is 0 Å². The summed E-state index contributed by atoms with van der Waals surface area (Å²) in [5.41, 5.74) is 0.840. The van der Waals surface area contributed by atoms with E-state index in [1.54, 1.807) is 7.11 Å². The van der Waals surface area contributed by atoms with Crippen molar-refractivity contribution in [2.24, 2.45) is 0 Å². The summed E-state index contributed by atoms with van der Waals surface area (Å²) in [7, 11) is 1.65. The minimum atomic E-state index is 0.568. The van der Waals surface area contributed by atoms with Gasteiger partial charge in [-0.05, 0) is 36.8 Å². The van der Waals surface area contributed by atoms with Gasteiger partial charge in [-0.15, -0.1) is 0 Å². The van der Waals surface area contributed by atoms with Gasteiger partial charge in [-0.25, -0.2) is 0 Å². The predicted octanol–water partition coefficient (Wildman–Crippen LogP) is 7.45. The molecule has 4 nitrogen and oxygen atoms in total. The third-order valence-corrected chi connectivity index (χ3v) is 5.64. The molecule has 0 bridgehead atoms. The molecule has 0 unspecified atom stereocenters. The summed E-state index contributed by atoms with van der Waals surface area (Å²) in [6.45, 7) is 2.27. The molecule has 2 aromatic rings. The van der Waals surface area contributed by atoms with E-state index in [1.165, 1.54) is 64.2 Å². The van der Waals surface area contributed by atoms with E-state index in [4.69, 9.17) is 28.6 Å². The van der Waals surface area contributed by atoms with Gasteiger partial charge >= 0.3 is 0 Å². The molecule has 2 rings (SSSR count). The van der Waals surface area contributed by atoms with Gasteiger partial charge in [0.2, 0.25) is 0 Å². The molecule has 0 saturated heterocycles. The molecule has 0 aliphatic rings. The van der Waals surface area contributed by atoms with Crippen LogP contribution in [0, 0.1) is 4.77 Å². The molecule has 0 radical (unpaired) electrons. The van der Waals surface area contributed by atoms with Gasteiger partial charge in [0.1, 0.15) is 11.6 Å². The number of benzene rings is 1. The fraction of sp³-hybridized carbons (Fsp3) is 0.636. The average molecular weight is 424 g/mol. The van der Waals surface area contributed by atoms with Crippen LogP contribution >= 0.6 is 23.8 Å². The maximum Gasteiger partial charge on any atom is 0.199 e. The number of aromatic amines is 1. The Hall–Kier alpha value is -1.33. The number of halogens is 1. The lowest BCUT2D eigenvalue weighted by Crippen LogP contribution is -2.04. The topological polar surface area (TPSA) is 42.8 Å². The van der Waals surface area contributed by atoms with Crippen molar-refractivity contribution in [2.75, 3.05) is 7.11 Å². The van der Waals surface area contributed by atoms with Gasteiger partial charge in [0.15, 0.2) is 4.77 Å². The van der Waals surface area contributed by atoms with Crippen molar-refractivity contribution in [3.8, 4) is 11.4 Å². The summed E-state index contributed by atoms with van der Waals surface area (Å²) in [5, 5.41) is 7.99. The quantitative estimate of drug-likeness (QED) is 0.253. The molecular weight excluding hydrogens is 390 g/mol. The molecule has 1 aromatic heterocycles. The van der Waals surface area contributed by atoms with Crippen molar-refractivity contribution in [2.45, 2.75) is 84.0 Å². The molecule has 0 saturated carbocycles. The number of ether oxygens (including phenoxy) is 1. The van der Waals surface area contributed by atoms with Crippen molar-refractivity contribution in [3.63, 3.8) is 0 Å². The van der Waals surface area contributed by atoms with E-state index in [0.29, 0.717) is 9.79 Å². The number of aromatic nitrogens is 3. The van der Waals surface area contributed by atoms with E-state index in [0.717, 1.165) is 30.1 Å². The lowest BCUT2D eigenvalue weighted by molar-refractivity contribution is 0.412. The molecule has 0 spiro atoms. The largest absolute Gasteiger partial charge is 0.495 e. The zero-order chi connectivity index (χ0) is 20.2. The van der Waals surface area contributed by atoms with Crippen molar-refractivity contribution in [3.05, 3.63) is 33.8 Å². The first-order valence-corrected chi connectivity index (χ1v) is 11.5. The summed E-state index contributed by atoms with van der Waals surface area (Å²) in [4.78, 5) is 0. The van der Waals surface area contributed by atoms with Crippen LogP contribution in [0.5, 0.6) is 5.75 Å². The number of H-pyrrole nitrogens is 1. The first kappa shape index (κ1) is 23.0. The second kappa shape index (κ2) is 13.0. The Kier molecular flexibility index (Phi) is 10.7. The van der Waals surface area contributed by atoms with E-state index < -0.39 is 0 Å². The second-order valence-electron chi connectivity index (χ2n) is 7.38. The van der Waals surface area contributed by atoms with Gasteiger partial charge < -0.3 is 4.74 Å². The third-order valence-electron chi connectivity index (χ3n) is 5.13. The predicted molar refractivity (Wildman–Crippen MR) is 120 cm³/mol. The zero-order valence-electron chi connectivity index (χ0n) is 17.3. The molecule has 0 aliphatic carbocycles. The smallest absolute Gasteiger partial charge is 0.199 e. The summed E-state index contributed by atoms with van der Waals surface area (Å²) < 4.78 is 7.99. The van der Waals surface area contributed by atoms with Crippen molar-refractivity contribution in [1.82, 2.24) is 14.8 Å². The highest BCUT2D eigenvalue weighted by atomic mass is 35.5. The number of methoxy groups -OCH3 is 1. The van der Waals surface area contributed by atoms with Gasteiger partial charge in [-0.1, -0.05) is 82.7 Å². The van der Waals surface area contributed by atoms with Crippen LogP contribution in [0.1, 0.15) is 83.4 Å². The number of unbranched alkanes of at least 4 members (excludes halogenated alkanes) is 10. The SMILES string of the molecule is CCCCCCCCCCCCCc1n[nH]c(=S)n1-c1cc(Cl)ccc1OC. The molecule has 1 heterocycles. The number of hydrogen-bond donors (Lipinski definition) is 1. The third kappa shape index (κ3) is 7.25. The standard InChI is InChI=1S/C22H34ClN3OS/c1-3-4-5-6-7-8-9-10-11-12-13-14-21-24-25-22(28)26(21)19-17-18(23)15-16-20(19)27-2/h15-17H,3-14H2,1-2H3,(H,25,28). The molecule has 6 heteroatoms. The molecule has 0 fully saturated rings. The van der Waals surface area contributed by atoms with Gasteiger partial charge in [0.25, 0.3) is 0 Å². The Morgan fingerprint density at radius 3 is 2.21 bits per heavy atom. The summed E-state index contributed by atoms with van der Waals surface area (Å²) >= 11 is 11.6. The van der Waals surface area contributed by atoms with Crippen LogP contribution in [0.3, 0.4) is 0 Å². The van der Waals surface area contributed by atoms with Crippen LogP contribution in [0.4, 0.5) is 0 Å². The van der Waals surface area contributed by atoms with E-state index in [2.05, 4.69) is 17.1 Å². The van der Waals surface area contributed by atoms with Crippen molar-refractivity contribution in [1.29, 1.82) is 0 Å². The van der Waals surface area contributed by atoms with Crippen LogP contribution in [0.2, 0.25) is 5.02 Å². The van der Waals surface area contributed by atoms with E-state index in [1.807, 2.05) is 22.8 Å². The highest BCUT2D eigenvalue weighted by molar-refractivity contribution is 7.71. The maximum atomic E-state index is 6.18. The Morgan fingerprint density at radius 1 is 1.00 bits per heavy atom. The van der Waals surface area contributed by atoms with Gasteiger partial charge in [-0.3, -0.25) is 9.67 Å². The fourth-order valence-corrected chi connectivity index (χ4v) is 3.95. The normalized spacial score (nSPS) is 11.1. The number of rotatable bonds is 14. The van der Waals surface area contributed by atoms with E-state index in [-0.39, 0.29) is 0 Å². The lowest BCUT2D eigenvalue weighted by atomic mass is 10.1. The second-order valence-corrected chi connectivity index (χ2v) is 8.21. The average Bonchev–Trinajstić information content (AvgIpc) is 3.06. The van der Waals surface area contributed by atoms with Gasteiger partial charge in [-0.2, -0.15) is 5.10 Å². The van der Waals surface area contributed by atoms with Crippen molar-refractivity contribution < 1.29 is 4.74 Å². The Balaban J connectivity index is 1.76. The zero-order valence-corrected chi connectivity index (χ0v) is 18.9. The molecule has 1 N–H and O–H groups in total. The molecule has 28 heavy (non-hydrogen) atoms. The fourth-order valence-electron chi connectivity index (χ4n) is 3.53. The summed E-state index contributed by atoms with van der Waals surface area (Å²) in [6, 6.07) is 5.55. The van der Waals surface area contributed by atoms with Gasteiger partial charge in [0.05, 0.1) is 12.8 Å². The number of nitrogens with zero attached hydrogens (tertiary/aromatic N) is 2. The van der Waals surface area contributed by atoms with Crippen molar-refractivity contribution >= 4 is 23.8 Å². The Labute approximate surface area is 179 Å². The molecule has 1 aromatic carbocycles. The van der Waals surface area contributed by atoms with Crippen LogP contribution in [-0.2, 0) is 6.42 Å². The number of nitrogens with one attached hydrogen (secondary N) is 1. The van der Waals surface area contributed by atoms with Crippen LogP contribution < -0.4 is 4.74 Å². The monoisotopic (exact) mass is 423 g/mol. The Morgan fingerprint density at radius 2 is 1.61 bits per heavy atom. The highest BCUT2D eigenvalue weighted by Crippen LogP contribution is 2.28. The molecule has 0 aliphatic heterocycles. The highest BCUT2D eigenvalue weighted by Gasteiger charge is 2.13. The molecule has 156 valence electrons. The maximum absolute atomic E-state index is 6.18. The number of aryl methyl sites for hydroxylation is 1. The van der Waals surface area contributed by atoms with Gasteiger partial charge in [0, 0.05) is 11.4 Å². The molecule has 0 atom stereocenters. The first-order valence-electron chi connectivity index (χ1n) is 10.7. The van der Waals surface area contributed by atoms with E-state index >= 15 is 0 Å². The van der Waals surface area contributed by atoms with Crippen LogP contribution in [-0.4, -0.2) is 21.9 Å². The molecule has 0 amide bonds. The van der Waals surface area contributed by atoms with Crippen LogP contribution in [0.15, 0.2) is 18.2 Å². The molecular formula is C22H34ClN3OS. The summed E-state index contributed by atoms with van der Waals surface area (Å²) in [5.74, 6) is 1.67.